The van der Waals surface area contributed by atoms with Crippen LogP contribution in [0.4, 0.5) is 0 Å². The lowest BCUT2D eigenvalue weighted by molar-refractivity contribution is -0.128. The molecule has 2 rings (SSSR count). The van der Waals surface area contributed by atoms with Crippen molar-refractivity contribution >= 4 is 5.78 Å². The van der Waals surface area contributed by atoms with Gasteiger partial charge in [-0.2, -0.15) is 0 Å². The number of carbonyl (C=O) groups excluding carboxylic acids is 1. The van der Waals surface area contributed by atoms with E-state index in [2.05, 4.69) is 32.9 Å². The molecule has 0 spiro atoms. The first-order valence-corrected chi connectivity index (χ1v) is 7.61. The Morgan fingerprint density at radius 1 is 1.21 bits per heavy atom. The molecule has 1 heteroatoms. The largest absolute Gasteiger partial charge is 0.299 e. The van der Waals surface area contributed by atoms with Crippen molar-refractivity contribution in [1.82, 2.24) is 0 Å². The minimum Gasteiger partial charge on any atom is -0.299 e. The number of carbonyl (C=O) groups is 1. The number of hydrogen-bond donors (Lipinski definition) is 0. The maximum absolute atomic E-state index is 12.8. The van der Waals surface area contributed by atoms with E-state index in [1.54, 1.807) is 0 Å². The van der Waals surface area contributed by atoms with Gasteiger partial charge in [0.05, 0.1) is 0 Å². The summed E-state index contributed by atoms with van der Waals surface area (Å²) in [5, 5.41) is 0. The Morgan fingerprint density at radius 2 is 1.84 bits per heavy atom. The van der Waals surface area contributed by atoms with Crippen LogP contribution in [0.3, 0.4) is 0 Å². The predicted octanol–water partition coefficient (Wildman–Crippen LogP) is 4.71. The molecule has 1 aliphatic carbocycles. The van der Waals surface area contributed by atoms with Gasteiger partial charge in [-0.25, -0.2) is 0 Å². The second-order valence-electron chi connectivity index (χ2n) is 6.61. The van der Waals surface area contributed by atoms with Gasteiger partial charge in [0.15, 0.2) is 0 Å². The van der Waals surface area contributed by atoms with E-state index >= 15 is 0 Å². The monoisotopic (exact) mass is 258 g/mol. The van der Waals surface area contributed by atoms with Gasteiger partial charge >= 0.3 is 0 Å². The molecule has 0 heterocycles. The van der Waals surface area contributed by atoms with Gasteiger partial charge in [-0.3, -0.25) is 4.79 Å². The smallest absolute Gasteiger partial charge is 0.143 e. The average Bonchev–Trinajstić information content (AvgIpc) is 2.81. The Labute approximate surface area is 117 Å². The molecule has 0 unspecified atom stereocenters. The van der Waals surface area contributed by atoms with Crippen LogP contribution in [0.15, 0.2) is 24.3 Å². The summed E-state index contributed by atoms with van der Waals surface area (Å²) in [4.78, 5) is 12.8. The van der Waals surface area contributed by atoms with E-state index in [0.717, 1.165) is 19.3 Å². The highest BCUT2D eigenvalue weighted by Gasteiger charge is 2.40. The molecule has 1 saturated carbocycles. The zero-order valence-corrected chi connectivity index (χ0v) is 12.5. The molecule has 104 valence electrons. The highest BCUT2D eigenvalue weighted by Crippen LogP contribution is 2.44. The lowest BCUT2D eigenvalue weighted by Crippen LogP contribution is -2.31. The van der Waals surface area contributed by atoms with Crippen molar-refractivity contribution in [1.29, 1.82) is 0 Å². The molecule has 1 aromatic carbocycles. The second kappa shape index (κ2) is 5.90. The van der Waals surface area contributed by atoms with Crippen LogP contribution in [0, 0.1) is 18.3 Å². The fourth-order valence-corrected chi connectivity index (χ4v) is 3.60. The molecular weight excluding hydrogens is 232 g/mol. The quantitative estimate of drug-likeness (QED) is 0.747. The first-order chi connectivity index (χ1) is 9.03. The minimum absolute atomic E-state index is 0.0174. The molecule has 0 amide bonds. The van der Waals surface area contributed by atoms with E-state index in [-0.39, 0.29) is 5.41 Å². The molecule has 1 fully saturated rings. The van der Waals surface area contributed by atoms with E-state index in [1.165, 1.54) is 24.0 Å². The van der Waals surface area contributed by atoms with Crippen molar-refractivity contribution in [2.75, 3.05) is 0 Å². The van der Waals surface area contributed by atoms with Crippen LogP contribution >= 0.6 is 0 Å². The fraction of sp³-hybridized carbons (Fsp3) is 0.611. The van der Waals surface area contributed by atoms with Gasteiger partial charge in [0.2, 0.25) is 0 Å². The molecule has 0 saturated heterocycles. The Bertz CT molecular complexity index is 439. The molecule has 1 aliphatic rings. The average molecular weight is 258 g/mol. The zero-order valence-electron chi connectivity index (χ0n) is 12.5. The lowest BCUT2D eigenvalue weighted by Gasteiger charge is -2.29. The van der Waals surface area contributed by atoms with Crippen LogP contribution in [0.1, 0.15) is 57.1 Å². The summed E-state index contributed by atoms with van der Waals surface area (Å²) in [5.41, 5.74) is 2.44. The van der Waals surface area contributed by atoms with Gasteiger partial charge in [0.25, 0.3) is 0 Å². The molecular formula is C18H26O. The van der Waals surface area contributed by atoms with Gasteiger partial charge in [0, 0.05) is 11.8 Å². The maximum atomic E-state index is 12.8. The number of benzene rings is 1. The van der Waals surface area contributed by atoms with Gasteiger partial charge in [-0.15, -0.1) is 0 Å². The Balaban J connectivity index is 2.15. The van der Waals surface area contributed by atoms with Gasteiger partial charge in [0.1, 0.15) is 5.78 Å². The number of hydrogen-bond acceptors (Lipinski definition) is 1. The van der Waals surface area contributed by atoms with Gasteiger partial charge < -0.3 is 0 Å². The summed E-state index contributed by atoms with van der Waals surface area (Å²) >= 11 is 0. The highest BCUT2D eigenvalue weighted by molar-refractivity contribution is 5.87. The van der Waals surface area contributed by atoms with E-state index < -0.39 is 0 Å². The molecule has 0 radical (unpaired) electrons. The third-order valence-corrected chi connectivity index (χ3v) is 4.56. The number of rotatable bonds is 5. The van der Waals surface area contributed by atoms with Crippen LogP contribution in [0.25, 0.3) is 0 Å². The third-order valence-electron chi connectivity index (χ3n) is 4.56. The van der Waals surface area contributed by atoms with Crippen molar-refractivity contribution in [2.24, 2.45) is 11.3 Å². The van der Waals surface area contributed by atoms with E-state index in [4.69, 9.17) is 0 Å². The van der Waals surface area contributed by atoms with Gasteiger partial charge in [-0.1, -0.05) is 51.0 Å². The van der Waals surface area contributed by atoms with Crippen LogP contribution in [-0.4, -0.2) is 5.78 Å². The molecule has 0 bridgehead atoms. The first kappa shape index (κ1) is 14.3. The van der Waals surface area contributed by atoms with Crippen molar-refractivity contribution < 1.29 is 4.79 Å². The molecule has 19 heavy (non-hydrogen) atoms. The Morgan fingerprint density at radius 3 is 2.42 bits per heavy atom. The lowest BCUT2D eigenvalue weighted by atomic mass is 9.73. The van der Waals surface area contributed by atoms with Crippen molar-refractivity contribution in [3.8, 4) is 0 Å². The molecule has 0 N–H and O–H groups in total. The van der Waals surface area contributed by atoms with Crippen molar-refractivity contribution in [3.63, 3.8) is 0 Å². The highest BCUT2D eigenvalue weighted by atomic mass is 16.1. The number of ketones is 1. The molecule has 0 aliphatic heterocycles. The molecule has 0 atom stereocenters. The molecule has 1 nitrogen and oxygen atoms in total. The third kappa shape index (κ3) is 3.26. The fourth-order valence-electron chi connectivity index (χ4n) is 3.60. The summed E-state index contributed by atoms with van der Waals surface area (Å²) in [7, 11) is 0. The Hall–Kier alpha value is -1.11. The van der Waals surface area contributed by atoms with Crippen LogP contribution < -0.4 is 0 Å². The normalized spacial score (nSPS) is 17.9. The number of Topliss-reactive ketones (excluding diaryl/α,β-unsaturated/α-hetero) is 1. The standard InChI is InChI=1S/C18H26O/c1-14(2)13-18(10-6-7-11-18)17(19)12-16-9-5-4-8-15(16)3/h4-5,8-9,14H,6-7,10-13H2,1-3H3. The van der Waals surface area contributed by atoms with Crippen LogP contribution in [-0.2, 0) is 11.2 Å². The van der Waals surface area contributed by atoms with Crippen molar-refractivity contribution in [3.05, 3.63) is 35.4 Å². The summed E-state index contributed by atoms with van der Waals surface area (Å²) < 4.78 is 0. The summed E-state index contributed by atoms with van der Waals surface area (Å²) in [6, 6.07) is 8.29. The summed E-state index contributed by atoms with van der Waals surface area (Å²) in [6.07, 6.45) is 6.36. The van der Waals surface area contributed by atoms with Crippen molar-refractivity contribution in [2.45, 2.75) is 59.3 Å². The second-order valence-corrected chi connectivity index (χ2v) is 6.61. The van der Waals surface area contributed by atoms with Crippen LogP contribution in [0.5, 0.6) is 0 Å². The summed E-state index contributed by atoms with van der Waals surface area (Å²) in [5.74, 6) is 1.09. The molecule has 0 aromatic heterocycles. The SMILES string of the molecule is Cc1ccccc1CC(=O)C1(CC(C)C)CCCC1. The minimum atomic E-state index is -0.0174. The summed E-state index contributed by atoms with van der Waals surface area (Å²) in [6.45, 7) is 6.58. The number of aryl methyl sites for hydroxylation is 1. The Kier molecular flexibility index (Phi) is 4.44. The van der Waals surface area contributed by atoms with Crippen LogP contribution in [0.2, 0.25) is 0 Å². The first-order valence-electron chi connectivity index (χ1n) is 7.61. The zero-order chi connectivity index (χ0) is 13.9. The maximum Gasteiger partial charge on any atom is 0.143 e. The van der Waals surface area contributed by atoms with Gasteiger partial charge in [-0.05, 0) is 43.2 Å². The predicted molar refractivity (Wildman–Crippen MR) is 80.2 cm³/mol. The topological polar surface area (TPSA) is 17.1 Å². The molecule has 1 aromatic rings. The van der Waals surface area contributed by atoms with E-state index in [0.29, 0.717) is 18.1 Å². The van der Waals surface area contributed by atoms with E-state index in [9.17, 15) is 4.79 Å². The van der Waals surface area contributed by atoms with E-state index in [1.807, 2.05) is 12.1 Å².